The molecule has 0 spiro atoms. The molecule has 2 heterocycles. The Balaban J connectivity index is 2.20. The Morgan fingerprint density at radius 1 is 1.56 bits per heavy atom. The lowest BCUT2D eigenvalue weighted by atomic mass is 10.1. The molecule has 8 nitrogen and oxygen atoms in total. The van der Waals surface area contributed by atoms with Crippen LogP contribution in [0.2, 0.25) is 0 Å². The van der Waals surface area contributed by atoms with Crippen molar-refractivity contribution >= 4 is 12.0 Å². The number of nitrogens with zero attached hydrogens (tertiary/aromatic N) is 4. The Morgan fingerprint density at radius 3 is 2.92 bits per heavy atom. The van der Waals surface area contributed by atoms with Gasteiger partial charge in [0, 0.05) is 18.5 Å². The van der Waals surface area contributed by atoms with Crippen molar-refractivity contribution in [2.24, 2.45) is 0 Å². The van der Waals surface area contributed by atoms with Gasteiger partial charge in [0.1, 0.15) is 17.3 Å². The molecule has 1 amide bonds. The van der Waals surface area contributed by atoms with E-state index in [9.17, 15) is 10.1 Å². The molecule has 2 aromatic rings. The van der Waals surface area contributed by atoms with Crippen LogP contribution < -0.4 is 5.32 Å². The van der Waals surface area contributed by atoms with E-state index in [-0.39, 0.29) is 18.2 Å². The molecule has 1 atom stereocenters. The molecule has 0 aromatic carbocycles. The zero-order chi connectivity index (χ0) is 18.4. The smallest absolute Gasteiger partial charge is 0.262 e. The molecular weight excluding hydrogens is 320 g/mol. The Morgan fingerprint density at radius 2 is 2.32 bits per heavy atom. The first-order chi connectivity index (χ1) is 12.0. The first-order valence-electron chi connectivity index (χ1n) is 7.90. The van der Waals surface area contributed by atoms with Crippen LogP contribution in [0.4, 0.5) is 0 Å². The van der Waals surface area contributed by atoms with Crippen LogP contribution in [-0.2, 0) is 16.1 Å². The molecular formula is C17H22N6O2. The van der Waals surface area contributed by atoms with Crippen molar-refractivity contribution in [1.82, 2.24) is 25.3 Å². The first-order valence-corrected chi connectivity index (χ1v) is 7.90. The zero-order valence-corrected chi connectivity index (χ0v) is 14.8. The number of methoxy groups -OCH3 is 1. The van der Waals surface area contributed by atoms with Gasteiger partial charge >= 0.3 is 0 Å². The fourth-order valence-electron chi connectivity index (χ4n) is 2.82. The van der Waals surface area contributed by atoms with E-state index in [4.69, 9.17) is 4.74 Å². The van der Waals surface area contributed by atoms with Gasteiger partial charge < -0.3 is 14.6 Å². The predicted octanol–water partition coefficient (Wildman–Crippen LogP) is 1.65. The molecule has 132 valence electrons. The minimum absolute atomic E-state index is 0.0446. The summed E-state index contributed by atoms with van der Waals surface area (Å²) >= 11 is 0. The SMILES string of the molecule is COC[C@@H](C)n1c(C)cc(/C=C(\C#N)C(=O)NCc2cn[nH]n2)c1C. The number of carbonyl (C=O) groups excluding carboxylic acids is 1. The Kier molecular flexibility index (Phi) is 6.08. The molecule has 0 aliphatic carbocycles. The van der Waals surface area contributed by atoms with Crippen molar-refractivity contribution in [3.05, 3.63) is 40.5 Å². The molecule has 2 N–H and O–H groups in total. The highest BCUT2D eigenvalue weighted by molar-refractivity contribution is 6.01. The summed E-state index contributed by atoms with van der Waals surface area (Å²) in [7, 11) is 1.67. The summed E-state index contributed by atoms with van der Waals surface area (Å²) in [5.74, 6) is -0.444. The predicted molar refractivity (Wildman–Crippen MR) is 92.3 cm³/mol. The molecule has 25 heavy (non-hydrogen) atoms. The number of carbonyl (C=O) groups is 1. The molecule has 2 rings (SSSR count). The minimum atomic E-state index is -0.444. The molecule has 8 heteroatoms. The molecule has 0 unspecified atom stereocenters. The maximum atomic E-state index is 12.2. The summed E-state index contributed by atoms with van der Waals surface area (Å²) < 4.78 is 7.36. The van der Waals surface area contributed by atoms with Crippen LogP contribution in [0.1, 0.15) is 35.6 Å². The second-order valence-electron chi connectivity index (χ2n) is 5.81. The van der Waals surface area contributed by atoms with Crippen molar-refractivity contribution in [1.29, 1.82) is 5.26 Å². The van der Waals surface area contributed by atoms with E-state index in [0.717, 1.165) is 17.0 Å². The number of aryl methyl sites for hydroxylation is 1. The van der Waals surface area contributed by atoms with Gasteiger partial charge in [-0.1, -0.05) is 0 Å². The number of aromatic amines is 1. The number of amides is 1. The highest BCUT2D eigenvalue weighted by Crippen LogP contribution is 2.22. The van der Waals surface area contributed by atoms with Crippen LogP contribution in [0.25, 0.3) is 6.08 Å². The Bertz CT molecular complexity index is 798. The number of hydrogen-bond donors (Lipinski definition) is 2. The topological polar surface area (TPSA) is 109 Å². The van der Waals surface area contributed by atoms with Gasteiger partial charge in [-0.2, -0.15) is 20.7 Å². The summed E-state index contributed by atoms with van der Waals surface area (Å²) in [6.07, 6.45) is 3.12. The third kappa shape index (κ3) is 4.33. The Labute approximate surface area is 146 Å². The molecule has 0 saturated carbocycles. The van der Waals surface area contributed by atoms with E-state index in [2.05, 4.69) is 32.2 Å². The monoisotopic (exact) mass is 342 g/mol. The Hall–Kier alpha value is -2.92. The summed E-state index contributed by atoms with van der Waals surface area (Å²) in [6, 6.07) is 4.09. The summed E-state index contributed by atoms with van der Waals surface area (Å²) in [5, 5.41) is 22.0. The lowest BCUT2D eigenvalue weighted by molar-refractivity contribution is -0.117. The highest BCUT2D eigenvalue weighted by Gasteiger charge is 2.15. The number of rotatable bonds is 7. The molecule has 0 fully saturated rings. The zero-order valence-electron chi connectivity index (χ0n) is 14.8. The number of hydrogen-bond acceptors (Lipinski definition) is 5. The van der Waals surface area contributed by atoms with Gasteiger partial charge in [-0.3, -0.25) is 4.79 Å². The maximum absolute atomic E-state index is 12.2. The van der Waals surface area contributed by atoms with Crippen LogP contribution in [0, 0.1) is 25.2 Å². The van der Waals surface area contributed by atoms with Gasteiger partial charge in [0.2, 0.25) is 0 Å². The summed E-state index contributed by atoms with van der Waals surface area (Å²) in [6.45, 7) is 6.81. The average Bonchev–Trinajstić information content (AvgIpc) is 3.18. The van der Waals surface area contributed by atoms with Crippen LogP contribution in [0.15, 0.2) is 17.8 Å². The number of nitriles is 1. The lowest BCUT2D eigenvalue weighted by Crippen LogP contribution is -2.24. The molecule has 0 saturated heterocycles. The summed E-state index contributed by atoms with van der Waals surface area (Å²) in [5.41, 5.74) is 3.52. The quantitative estimate of drug-likeness (QED) is 0.587. The lowest BCUT2D eigenvalue weighted by Gasteiger charge is -2.17. The van der Waals surface area contributed by atoms with Gasteiger partial charge in [0.05, 0.1) is 25.4 Å². The van der Waals surface area contributed by atoms with Gasteiger partial charge in [-0.25, -0.2) is 0 Å². The fraction of sp³-hybridized carbons (Fsp3) is 0.412. The first kappa shape index (κ1) is 18.4. The van der Waals surface area contributed by atoms with E-state index in [1.807, 2.05) is 26.0 Å². The van der Waals surface area contributed by atoms with Gasteiger partial charge in [-0.15, -0.1) is 0 Å². The van der Waals surface area contributed by atoms with Crippen molar-refractivity contribution < 1.29 is 9.53 Å². The van der Waals surface area contributed by atoms with E-state index in [0.29, 0.717) is 12.3 Å². The average molecular weight is 342 g/mol. The van der Waals surface area contributed by atoms with Crippen LogP contribution in [-0.4, -0.2) is 39.6 Å². The standard InChI is InChI=1S/C17H22N6O2/c1-11-5-14(13(3)23(11)12(2)10-25-4)6-15(7-18)17(24)19-8-16-9-20-22-21-16/h5-6,9,12H,8,10H2,1-4H3,(H,19,24)(H,20,21,22)/b15-6+/t12-/m1/s1. The second kappa shape index (κ2) is 8.26. The van der Waals surface area contributed by atoms with E-state index < -0.39 is 5.91 Å². The van der Waals surface area contributed by atoms with Gasteiger partial charge in [-0.05, 0) is 38.5 Å². The van der Waals surface area contributed by atoms with Crippen LogP contribution >= 0.6 is 0 Å². The second-order valence-corrected chi connectivity index (χ2v) is 5.81. The van der Waals surface area contributed by atoms with Gasteiger partial charge in [0.15, 0.2) is 0 Å². The highest BCUT2D eigenvalue weighted by atomic mass is 16.5. The number of H-pyrrole nitrogens is 1. The summed E-state index contributed by atoms with van der Waals surface area (Å²) in [4.78, 5) is 12.2. The van der Waals surface area contributed by atoms with Crippen LogP contribution in [0.3, 0.4) is 0 Å². The normalized spacial score (nSPS) is 12.7. The maximum Gasteiger partial charge on any atom is 0.262 e. The largest absolute Gasteiger partial charge is 0.383 e. The molecule has 0 aliphatic rings. The van der Waals surface area contributed by atoms with Crippen molar-refractivity contribution in [3.8, 4) is 6.07 Å². The third-order valence-corrected chi connectivity index (χ3v) is 3.93. The van der Waals surface area contributed by atoms with Gasteiger partial charge in [0.25, 0.3) is 5.91 Å². The van der Waals surface area contributed by atoms with Crippen LogP contribution in [0.5, 0.6) is 0 Å². The van der Waals surface area contributed by atoms with Crippen molar-refractivity contribution in [2.75, 3.05) is 13.7 Å². The minimum Gasteiger partial charge on any atom is -0.383 e. The third-order valence-electron chi connectivity index (χ3n) is 3.93. The molecule has 0 bridgehead atoms. The van der Waals surface area contributed by atoms with E-state index in [1.54, 1.807) is 13.2 Å². The fourth-order valence-corrected chi connectivity index (χ4v) is 2.82. The van der Waals surface area contributed by atoms with E-state index >= 15 is 0 Å². The molecule has 0 aliphatic heterocycles. The molecule has 0 radical (unpaired) electrons. The number of nitrogens with one attached hydrogen (secondary N) is 2. The van der Waals surface area contributed by atoms with E-state index in [1.165, 1.54) is 6.20 Å². The van der Waals surface area contributed by atoms with Crippen molar-refractivity contribution in [2.45, 2.75) is 33.4 Å². The molecule has 2 aromatic heterocycles. The number of aromatic nitrogens is 4. The van der Waals surface area contributed by atoms with Crippen molar-refractivity contribution in [3.63, 3.8) is 0 Å². The number of ether oxygens (including phenoxy) is 1.